The van der Waals surface area contributed by atoms with Crippen LogP contribution in [0.3, 0.4) is 0 Å². The number of aryl methyl sites for hydroxylation is 2. The van der Waals surface area contributed by atoms with Gasteiger partial charge in [-0.05, 0) is 73.5 Å². The van der Waals surface area contributed by atoms with E-state index in [0.717, 1.165) is 21.0 Å². The number of rotatable bonds is 4. The van der Waals surface area contributed by atoms with Crippen molar-refractivity contribution < 1.29 is 14.4 Å². The van der Waals surface area contributed by atoms with E-state index in [9.17, 15) is 14.4 Å². The van der Waals surface area contributed by atoms with Gasteiger partial charge in [-0.2, -0.15) is 0 Å². The molecule has 166 valence electrons. The molecule has 7 nitrogen and oxygen atoms in total. The molecule has 0 radical (unpaired) electrons. The summed E-state index contributed by atoms with van der Waals surface area (Å²) in [6, 6.07) is 21.3. The first-order chi connectivity index (χ1) is 15.8. The Morgan fingerprint density at radius 3 is 2.24 bits per heavy atom. The molecule has 0 bridgehead atoms. The molecule has 4 rings (SSSR count). The van der Waals surface area contributed by atoms with Gasteiger partial charge in [-0.3, -0.25) is 19.8 Å². The molecule has 1 aromatic heterocycles. The van der Waals surface area contributed by atoms with Crippen molar-refractivity contribution in [3.05, 3.63) is 94.1 Å². The van der Waals surface area contributed by atoms with E-state index in [4.69, 9.17) is 0 Å². The lowest BCUT2D eigenvalue weighted by atomic mass is 10.1. The zero-order chi connectivity index (χ0) is 23.5. The molecule has 3 aromatic carbocycles. The smallest absolute Gasteiger partial charge is 0.321 e. The van der Waals surface area contributed by atoms with Crippen molar-refractivity contribution >= 4 is 55.9 Å². The highest BCUT2D eigenvalue weighted by molar-refractivity contribution is 9.10. The van der Waals surface area contributed by atoms with E-state index in [1.807, 2.05) is 38.1 Å². The van der Waals surface area contributed by atoms with Crippen molar-refractivity contribution in [3.8, 4) is 0 Å². The molecule has 0 fully saturated rings. The van der Waals surface area contributed by atoms with Crippen LogP contribution in [-0.2, 0) is 9.59 Å². The third kappa shape index (κ3) is 4.96. The first-order valence-corrected chi connectivity index (χ1v) is 11.0. The van der Waals surface area contributed by atoms with Crippen LogP contribution < -0.4 is 16.1 Å². The summed E-state index contributed by atoms with van der Waals surface area (Å²) in [5.41, 5.74) is 6.59. The van der Waals surface area contributed by atoms with Crippen LogP contribution in [0.15, 0.2) is 77.3 Å². The summed E-state index contributed by atoms with van der Waals surface area (Å²) in [5.74, 6) is -2.17. The molecule has 0 unspecified atom stereocenters. The van der Waals surface area contributed by atoms with E-state index < -0.39 is 17.7 Å². The third-order valence-corrected chi connectivity index (χ3v) is 5.71. The molecule has 33 heavy (non-hydrogen) atoms. The quantitative estimate of drug-likeness (QED) is 0.342. The largest absolute Gasteiger partial charge is 0.328 e. The van der Waals surface area contributed by atoms with Crippen molar-refractivity contribution in [3.63, 3.8) is 0 Å². The third-order valence-electron chi connectivity index (χ3n) is 5.21. The highest BCUT2D eigenvalue weighted by atomic mass is 79.9. The van der Waals surface area contributed by atoms with Crippen LogP contribution in [0.2, 0.25) is 0 Å². The molecule has 4 aromatic rings. The number of carbonyl (C=O) groups is 3. The van der Waals surface area contributed by atoms with Gasteiger partial charge in [-0.1, -0.05) is 40.2 Å². The molecule has 0 spiro atoms. The molecular formula is C25H21BrN4O3. The maximum atomic E-state index is 13.1. The summed E-state index contributed by atoms with van der Waals surface area (Å²) in [6.07, 6.45) is 0. The predicted octanol–water partition coefficient (Wildman–Crippen LogP) is 4.98. The normalized spacial score (nSPS) is 10.6. The lowest BCUT2D eigenvalue weighted by Crippen LogP contribution is -2.36. The van der Waals surface area contributed by atoms with E-state index in [-0.39, 0.29) is 5.69 Å². The maximum Gasteiger partial charge on any atom is 0.328 e. The summed E-state index contributed by atoms with van der Waals surface area (Å²) in [6.45, 7) is 3.96. The minimum atomic E-state index is -0.903. The van der Waals surface area contributed by atoms with Crippen LogP contribution >= 0.6 is 15.9 Å². The van der Waals surface area contributed by atoms with Gasteiger partial charge in [0, 0.05) is 21.2 Å². The summed E-state index contributed by atoms with van der Waals surface area (Å²) in [4.78, 5) is 38.2. The Balaban J connectivity index is 1.64. The monoisotopic (exact) mass is 504 g/mol. The van der Waals surface area contributed by atoms with Gasteiger partial charge in [-0.15, -0.1) is 0 Å². The second-order valence-electron chi connectivity index (χ2n) is 7.58. The van der Waals surface area contributed by atoms with E-state index in [1.165, 1.54) is 4.68 Å². The van der Waals surface area contributed by atoms with Crippen molar-refractivity contribution in [1.82, 2.24) is 4.68 Å². The number of nitrogens with zero attached hydrogens (tertiary/aromatic N) is 1. The Bertz CT molecular complexity index is 1380. The average Bonchev–Trinajstić information content (AvgIpc) is 3.14. The summed E-state index contributed by atoms with van der Waals surface area (Å²) < 4.78 is 2.15. The molecule has 0 aliphatic heterocycles. The van der Waals surface area contributed by atoms with Crippen LogP contribution in [0, 0.1) is 13.8 Å². The van der Waals surface area contributed by atoms with Crippen LogP contribution in [0.25, 0.3) is 10.9 Å². The van der Waals surface area contributed by atoms with Crippen molar-refractivity contribution in [1.29, 1.82) is 0 Å². The molecular weight excluding hydrogens is 484 g/mol. The Hall–Kier alpha value is -3.91. The molecule has 8 heteroatoms. The zero-order valence-electron chi connectivity index (χ0n) is 18.0. The lowest BCUT2D eigenvalue weighted by Gasteiger charge is -2.13. The molecule has 3 N–H and O–H groups in total. The van der Waals surface area contributed by atoms with E-state index in [1.54, 1.807) is 48.5 Å². The van der Waals surface area contributed by atoms with Gasteiger partial charge >= 0.3 is 11.8 Å². The Labute approximate surface area is 198 Å². The van der Waals surface area contributed by atoms with Crippen LogP contribution in [0.4, 0.5) is 11.4 Å². The standard InChI is InChI=1S/C25H21BrN4O3/c1-15-8-10-20(12-16(15)2)28-23(31)22-14-17-13-18(26)9-11-21(17)30(22)29-25(33)24(32)27-19-6-4-3-5-7-19/h3-14H,1-2H3,(H,27,32)(H,28,31)(H,29,33). The zero-order valence-corrected chi connectivity index (χ0v) is 19.6. The lowest BCUT2D eigenvalue weighted by molar-refractivity contribution is -0.133. The molecule has 0 aliphatic rings. The summed E-state index contributed by atoms with van der Waals surface area (Å²) in [7, 11) is 0. The topological polar surface area (TPSA) is 92.2 Å². The van der Waals surface area contributed by atoms with Gasteiger partial charge < -0.3 is 10.6 Å². The summed E-state index contributed by atoms with van der Waals surface area (Å²) in [5, 5.41) is 6.12. The van der Waals surface area contributed by atoms with E-state index >= 15 is 0 Å². The Morgan fingerprint density at radius 1 is 0.758 bits per heavy atom. The van der Waals surface area contributed by atoms with Crippen molar-refractivity contribution in [2.45, 2.75) is 13.8 Å². The van der Waals surface area contributed by atoms with Crippen molar-refractivity contribution in [2.75, 3.05) is 16.1 Å². The summed E-state index contributed by atoms with van der Waals surface area (Å²) >= 11 is 3.42. The first-order valence-electron chi connectivity index (χ1n) is 10.2. The van der Waals surface area contributed by atoms with Gasteiger partial charge in [0.05, 0.1) is 5.52 Å². The van der Waals surface area contributed by atoms with Gasteiger partial charge in [0.25, 0.3) is 5.91 Å². The fourth-order valence-corrected chi connectivity index (χ4v) is 3.73. The SMILES string of the molecule is Cc1ccc(NC(=O)c2cc3cc(Br)ccc3n2NC(=O)C(=O)Nc2ccccc2)cc1C. The van der Waals surface area contributed by atoms with Crippen LogP contribution in [-0.4, -0.2) is 22.4 Å². The van der Waals surface area contributed by atoms with Gasteiger partial charge in [0.15, 0.2) is 0 Å². The number of anilines is 2. The number of hydrogen-bond acceptors (Lipinski definition) is 3. The second kappa shape index (κ2) is 9.30. The molecule has 0 atom stereocenters. The Kier molecular flexibility index (Phi) is 6.28. The van der Waals surface area contributed by atoms with E-state index in [2.05, 4.69) is 32.0 Å². The highest BCUT2D eigenvalue weighted by Crippen LogP contribution is 2.24. The highest BCUT2D eigenvalue weighted by Gasteiger charge is 2.21. The fraction of sp³-hybridized carbons (Fsp3) is 0.0800. The minimum Gasteiger partial charge on any atom is -0.321 e. The number of benzene rings is 3. The number of fused-ring (bicyclic) bond motifs is 1. The number of nitrogens with one attached hydrogen (secondary N) is 3. The van der Waals surface area contributed by atoms with Gasteiger partial charge in [-0.25, -0.2) is 4.68 Å². The molecule has 0 saturated carbocycles. The first kappa shape index (κ1) is 22.3. The van der Waals surface area contributed by atoms with Crippen LogP contribution in [0.5, 0.6) is 0 Å². The fourth-order valence-electron chi connectivity index (χ4n) is 3.35. The number of para-hydroxylation sites is 1. The number of halogens is 1. The number of hydrogen-bond donors (Lipinski definition) is 3. The van der Waals surface area contributed by atoms with Crippen molar-refractivity contribution in [2.24, 2.45) is 0 Å². The average molecular weight is 505 g/mol. The Morgan fingerprint density at radius 2 is 1.52 bits per heavy atom. The molecule has 3 amide bonds. The minimum absolute atomic E-state index is 0.183. The number of carbonyl (C=O) groups excluding carboxylic acids is 3. The predicted molar refractivity (Wildman–Crippen MR) is 133 cm³/mol. The molecule has 1 heterocycles. The molecule has 0 saturated heterocycles. The maximum absolute atomic E-state index is 13.1. The van der Waals surface area contributed by atoms with Gasteiger partial charge in [0.2, 0.25) is 0 Å². The molecule has 0 aliphatic carbocycles. The van der Waals surface area contributed by atoms with Gasteiger partial charge in [0.1, 0.15) is 5.69 Å². The van der Waals surface area contributed by atoms with Crippen LogP contribution in [0.1, 0.15) is 21.6 Å². The number of aromatic nitrogens is 1. The second-order valence-corrected chi connectivity index (χ2v) is 8.50. The number of amides is 3. The van der Waals surface area contributed by atoms with E-state index in [0.29, 0.717) is 16.9 Å².